The van der Waals surface area contributed by atoms with E-state index in [-0.39, 0.29) is 5.91 Å². The highest BCUT2D eigenvalue weighted by atomic mass is 16.5. The summed E-state index contributed by atoms with van der Waals surface area (Å²) in [6.45, 7) is 8.63. The summed E-state index contributed by atoms with van der Waals surface area (Å²) in [6.07, 6.45) is 8.32. The van der Waals surface area contributed by atoms with Crippen LogP contribution in [-0.2, 0) is 19.4 Å². The van der Waals surface area contributed by atoms with Crippen molar-refractivity contribution in [3.05, 3.63) is 58.4 Å². The number of furan rings is 1. The van der Waals surface area contributed by atoms with E-state index in [1.54, 1.807) is 6.07 Å². The molecule has 0 unspecified atom stereocenters. The second-order valence-electron chi connectivity index (χ2n) is 9.55. The number of aryl methyl sites for hydroxylation is 3. The Bertz CT molecular complexity index is 1080. The maximum atomic E-state index is 13.0. The van der Waals surface area contributed by atoms with Crippen LogP contribution in [0.2, 0.25) is 0 Å². The molecule has 170 valence electrons. The molecule has 1 aliphatic heterocycles. The fourth-order valence-electron chi connectivity index (χ4n) is 4.75. The Hall–Kier alpha value is -2.83. The van der Waals surface area contributed by atoms with Gasteiger partial charge in [0.05, 0.1) is 5.69 Å². The highest BCUT2D eigenvalue weighted by Gasteiger charge is 2.28. The Balaban J connectivity index is 1.16. The van der Waals surface area contributed by atoms with Crippen molar-refractivity contribution in [1.29, 1.82) is 0 Å². The number of carbonyl (C=O) groups is 1. The minimum atomic E-state index is -0.0143. The number of piperidine rings is 1. The quantitative estimate of drug-likeness (QED) is 0.546. The third-order valence-electron chi connectivity index (χ3n) is 7.05. The van der Waals surface area contributed by atoms with Gasteiger partial charge in [-0.2, -0.15) is 0 Å². The number of likely N-dealkylation sites (tertiary alicyclic amines) is 1. The summed E-state index contributed by atoms with van der Waals surface area (Å²) in [5, 5.41) is 3.99. The molecule has 2 fully saturated rings. The van der Waals surface area contributed by atoms with Gasteiger partial charge < -0.3 is 18.4 Å². The largest absolute Gasteiger partial charge is 0.456 e. The molecule has 7 nitrogen and oxygen atoms in total. The van der Waals surface area contributed by atoms with E-state index < -0.39 is 0 Å². The summed E-state index contributed by atoms with van der Waals surface area (Å²) in [6, 6.07) is 3.67. The maximum Gasteiger partial charge on any atom is 0.289 e. The molecular weight excluding hydrogens is 404 g/mol. The highest BCUT2D eigenvalue weighted by Crippen LogP contribution is 2.32. The number of rotatable bonds is 7. The lowest BCUT2D eigenvalue weighted by Crippen LogP contribution is -2.39. The van der Waals surface area contributed by atoms with Gasteiger partial charge >= 0.3 is 0 Å². The van der Waals surface area contributed by atoms with Crippen LogP contribution in [0.15, 0.2) is 27.3 Å². The summed E-state index contributed by atoms with van der Waals surface area (Å²) in [5.41, 5.74) is 3.15. The minimum Gasteiger partial charge on any atom is -0.456 e. The molecule has 0 bridgehead atoms. The number of nitrogens with zero attached hydrogens (tertiary/aromatic N) is 4. The fraction of sp³-hybridized carbons (Fsp3) is 0.560. The molecule has 3 aromatic rings. The molecule has 1 saturated heterocycles. The van der Waals surface area contributed by atoms with Gasteiger partial charge in [0.2, 0.25) is 0 Å². The Morgan fingerprint density at radius 1 is 1.09 bits per heavy atom. The van der Waals surface area contributed by atoms with Gasteiger partial charge in [0.1, 0.15) is 17.3 Å². The van der Waals surface area contributed by atoms with Crippen LogP contribution in [0, 0.1) is 32.6 Å². The summed E-state index contributed by atoms with van der Waals surface area (Å²) < 4.78 is 13.5. The predicted octanol–water partition coefficient (Wildman–Crippen LogP) is 4.49. The van der Waals surface area contributed by atoms with Gasteiger partial charge in [0.15, 0.2) is 5.76 Å². The van der Waals surface area contributed by atoms with Crippen LogP contribution < -0.4 is 0 Å². The summed E-state index contributed by atoms with van der Waals surface area (Å²) in [7, 11) is 0. The van der Waals surface area contributed by atoms with Crippen molar-refractivity contribution < 1.29 is 13.7 Å². The molecule has 0 aromatic carbocycles. The van der Waals surface area contributed by atoms with Gasteiger partial charge in [-0.3, -0.25) is 4.79 Å². The molecule has 1 amide bonds. The first kappa shape index (κ1) is 21.0. The van der Waals surface area contributed by atoms with Gasteiger partial charge in [0.25, 0.3) is 5.91 Å². The van der Waals surface area contributed by atoms with E-state index in [0.717, 1.165) is 67.6 Å². The van der Waals surface area contributed by atoms with Gasteiger partial charge in [0, 0.05) is 49.9 Å². The molecule has 7 heteroatoms. The fourth-order valence-corrected chi connectivity index (χ4v) is 4.75. The number of amides is 1. The Kier molecular flexibility index (Phi) is 5.66. The molecule has 0 N–H and O–H groups in total. The zero-order chi connectivity index (χ0) is 22.2. The molecule has 1 aliphatic carbocycles. The van der Waals surface area contributed by atoms with Gasteiger partial charge in [-0.1, -0.05) is 5.16 Å². The van der Waals surface area contributed by atoms with Crippen LogP contribution in [0.5, 0.6) is 0 Å². The van der Waals surface area contributed by atoms with Gasteiger partial charge in [-0.05, 0) is 70.4 Å². The van der Waals surface area contributed by atoms with Crippen molar-refractivity contribution in [2.45, 2.75) is 65.8 Å². The molecule has 0 spiro atoms. The van der Waals surface area contributed by atoms with E-state index in [4.69, 9.17) is 13.9 Å². The number of imidazole rings is 1. The number of hydrogen-bond donors (Lipinski definition) is 0. The first-order chi connectivity index (χ1) is 15.5. The van der Waals surface area contributed by atoms with Crippen molar-refractivity contribution >= 4 is 5.91 Å². The zero-order valence-corrected chi connectivity index (χ0v) is 19.3. The Morgan fingerprint density at radius 3 is 2.56 bits per heavy atom. The number of hydrogen-bond acceptors (Lipinski definition) is 5. The monoisotopic (exact) mass is 436 g/mol. The van der Waals surface area contributed by atoms with E-state index in [9.17, 15) is 4.79 Å². The van der Waals surface area contributed by atoms with E-state index in [2.05, 4.69) is 16.6 Å². The van der Waals surface area contributed by atoms with Crippen molar-refractivity contribution in [3.63, 3.8) is 0 Å². The minimum absolute atomic E-state index is 0.0143. The molecule has 0 atom stereocenters. The lowest BCUT2D eigenvalue weighted by molar-refractivity contribution is 0.0655. The maximum absolute atomic E-state index is 13.0. The van der Waals surface area contributed by atoms with Gasteiger partial charge in [-0.25, -0.2) is 4.98 Å². The van der Waals surface area contributed by atoms with E-state index in [1.165, 1.54) is 24.4 Å². The standard InChI is InChI=1S/C25H32N4O3/c1-16-14-26-24(29(16)15-20-4-5-20)12-19-8-10-28(11-9-19)25(30)23-7-6-21(31-23)13-22-17(2)27-32-18(22)3/h6-7,14,19-20H,4-5,8-13,15H2,1-3H3. The number of carbonyl (C=O) groups excluding carboxylic acids is 1. The Morgan fingerprint density at radius 2 is 1.88 bits per heavy atom. The third kappa shape index (κ3) is 4.38. The normalized spacial score (nSPS) is 17.3. The van der Waals surface area contributed by atoms with Crippen molar-refractivity contribution in [2.24, 2.45) is 11.8 Å². The average Bonchev–Trinajstić information content (AvgIpc) is 3.26. The first-order valence-corrected chi connectivity index (χ1v) is 11.8. The molecule has 4 heterocycles. The zero-order valence-electron chi connectivity index (χ0n) is 19.3. The molecule has 32 heavy (non-hydrogen) atoms. The Labute approximate surface area is 188 Å². The van der Waals surface area contributed by atoms with E-state index in [1.807, 2.05) is 31.0 Å². The van der Waals surface area contributed by atoms with Crippen LogP contribution in [0.3, 0.4) is 0 Å². The van der Waals surface area contributed by atoms with Gasteiger partial charge in [-0.15, -0.1) is 0 Å². The lowest BCUT2D eigenvalue weighted by Gasteiger charge is -2.31. The molecular formula is C25H32N4O3. The molecule has 3 aromatic heterocycles. The molecule has 5 rings (SSSR count). The molecule has 0 radical (unpaired) electrons. The lowest BCUT2D eigenvalue weighted by atomic mass is 9.93. The summed E-state index contributed by atoms with van der Waals surface area (Å²) >= 11 is 0. The van der Waals surface area contributed by atoms with Crippen LogP contribution in [0.4, 0.5) is 0 Å². The van der Waals surface area contributed by atoms with Crippen molar-refractivity contribution in [2.75, 3.05) is 13.1 Å². The summed E-state index contributed by atoms with van der Waals surface area (Å²) in [5.74, 6) is 4.59. The number of aromatic nitrogens is 3. The van der Waals surface area contributed by atoms with E-state index in [0.29, 0.717) is 18.1 Å². The third-order valence-corrected chi connectivity index (χ3v) is 7.05. The van der Waals surface area contributed by atoms with Crippen LogP contribution >= 0.6 is 0 Å². The SMILES string of the molecule is Cc1noc(C)c1Cc1ccc(C(=O)N2CCC(Cc3ncc(C)n3CC3CC3)CC2)o1. The predicted molar refractivity (Wildman–Crippen MR) is 120 cm³/mol. The second kappa shape index (κ2) is 8.60. The molecule has 2 aliphatic rings. The van der Waals surface area contributed by atoms with Crippen LogP contribution in [0.1, 0.15) is 70.5 Å². The van der Waals surface area contributed by atoms with Crippen molar-refractivity contribution in [3.8, 4) is 0 Å². The van der Waals surface area contributed by atoms with E-state index >= 15 is 0 Å². The molecule has 1 saturated carbocycles. The van der Waals surface area contributed by atoms with Crippen molar-refractivity contribution in [1.82, 2.24) is 19.6 Å². The second-order valence-corrected chi connectivity index (χ2v) is 9.55. The smallest absolute Gasteiger partial charge is 0.289 e. The average molecular weight is 437 g/mol. The van der Waals surface area contributed by atoms with Crippen LogP contribution in [0.25, 0.3) is 0 Å². The topological polar surface area (TPSA) is 77.3 Å². The first-order valence-electron chi connectivity index (χ1n) is 11.8. The van der Waals surface area contributed by atoms with Crippen LogP contribution in [-0.4, -0.2) is 38.6 Å². The summed E-state index contributed by atoms with van der Waals surface area (Å²) in [4.78, 5) is 19.6. The highest BCUT2D eigenvalue weighted by molar-refractivity contribution is 5.91.